The fourth-order valence-corrected chi connectivity index (χ4v) is 5.27. The number of fused-ring (bicyclic) bond motifs is 1. The first-order valence-electron chi connectivity index (χ1n) is 13.1. The Hall–Kier alpha value is -2.89. The molecule has 2 saturated heterocycles. The molecule has 0 saturated carbocycles. The average molecular weight is 472 g/mol. The van der Waals surface area contributed by atoms with Gasteiger partial charge in [0, 0.05) is 57.4 Å². The Balaban J connectivity index is 1.17. The highest BCUT2D eigenvalue weighted by Crippen LogP contribution is 2.26. The monoisotopic (exact) mass is 471 g/mol. The lowest BCUT2D eigenvalue weighted by molar-refractivity contribution is 0.0628. The number of rotatable bonds is 6. The van der Waals surface area contributed by atoms with Crippen LogP contribution in [0, 0.1) is 0 Å². The van der Waals surface area contributed by atoms with Crippen LogP contribution in [0.1, 0.15) is 42.6 Å². The molecule has 0 bridgehead atoms. The molecule has 0 unspecified atom stereocenters. The van der Waals surface area contributed by atoms with Crippen molar-refractivity contribution in [2.24, 2.45) is 0 Å². The molecule has 2 heterocycles. The minimum absolute atomic E-state index is 0.128. The number of hydrogen-bond donors (Lipinski definition) is 0. The Kier molecular flexibility index (Phi) is 7.35. The van der Waals surface area contributed by atoms with Crippen LogP contribution in [0.5, 0.6) is 5.75 Å². The zero-order chi connectivity index (χ0) is 24.2. The van der Waals surface area contributed by atoms with Gasteiger partial charge in [-0.2, -0.15) is 0 Å². The molecule has 2 aliphatic rings. The molecule has 5 nitrogen and oxygen atoms in total. The van der Waals surface area contributed by atoms with Gasteiger partial charge in [0.15, 0.2) is 0 Å². The molecule has 184 valence electrons. The molecule has 0 aromatic heterocycles. The quantitative estimate of drug-likeness (QED) is 0.504. The second-order valence-electron chi connectivity index (χ2n) is 10.2. The van der Waals surface area contributed by atoms with Gasteiger partial charge in [-0.25, -0.2) is 0 Å². The maximum absolute atomic E-state index is 13.2. The Morgan fingerprint density at radius 2 is 1.54 bits per heavy atom. The Morgan fingerprint density at radius 1 is 0.857 bits per heavy atom. The first-order chi connectivity index (χ1) is 17.0. The van der Waals surface area contributed by atoms with Crippen LogP contribution in [0.25, 0.3) is 10.8 Å². The molecular formula is C30H37N3O2. The molecule has 0 radical (unpaired) electrons. The van der Waals surface area contributed by atoms with Crippen LogP contribution in [0.3, 0.4) is 0 Å². The topological polar surface area (TPSA) is 36.0 Å². The Morgan fingerprint density at radius 3 is 2.26 bits per heavy atom. The maximum Gasteiger partial charge on any atom is 0.253 e. The summed E-state index contributed by atoms with van der Waals surface area (Å²) in [5, 5.41) is 2.20. The van der Waals surface area contributed by atoms with Crippen molar-refractivity contribution >= 4 is 16.7 Å². The molecule has 0 aliphatic carbocycles. The SMILES string of the molecule is CC(C)N1CCC(Oc2ccc3cc(C(=O)N4CCN(Cc5ccccc5)CC4)ccc3c2)CC1. The van der Waals surface area contributed by atoms with Crippen LogP contribution in [-0.2, 0) is 6.54 Å². The van der Waals surface area contributed by atoms with Crippen LogP contribution in [0.2, 0.25) is 0 Å². The molecule has 0 atom stereocenters. The van der Waals surface area contributed by atoms with Crippen LogP contribution in [0.15, 0.2) is 66.7 Å². The summed E-state index contributed by atoms with van der Waals surface area (Å²) in [7, 11) is 0. The molecule has 35 heavy (non-hydrogen) atoms. The van der Waals surface area contributed by atoms with E-state index in [1.54, 1.807) is 0 Å². The number of benzene rings is 3. The van der Waals surface area contributed by atoms with Crippen molar-refractivity contribution in [1.82, 2.24) is 14.7 Å². The smallest absolute Gasteiger partial charge is 0.253 e. The Bertz CT molecular complexity index is 1130. The van der Waals surface area contributed by atoms with Crippen LogP contribution in [-0.4, -0.2) is 72.0 Å². The van der Waals surface area contributed by atoms with Gasteiger partial charge in [0.1, 0.15) is 11.9 Å². The third kappa shape index (κ3) is 5.85. The van der Waals surface area contributed by atoms with E-state index in [0.29, 0.717) is 6.04 Å². The van der Waals surface area contributed by atoms with Gasteiger partial charge in [0.25, 0.3) is 5.91 Å². The summed E-state index contributed by atoms with van der Waals surface area (Å²) in [6, 6.07) is 23.4. The van der Waals surface area contributed by atoms with Gasteiger partial charge >= 0.3 is 0 Å². The number of carbonyl (C=O) groups is 1. The third-order valence-electron chi connectivity index (χ3n) is 7.48. The van der Waals surface area contributed by atoms with Gasteiger partial charge in [0.05, 0.1) is 0 Å². The number of carbonyl (C=O) groups excluding carboxylic acids is 1. The number of nitrogens with zero attached hydrogens (tertiary/aromatic N) is 3. The van der Waals surface area contributed by atoms with E-state index in [9.17, 15) is 4.79 Å². The predicted octanol–water partition coefficient (Wildman–Crippen LogP) is 5.05. The zero-order valence-electron chi connectivity index (χ0n) is 21.0. The van der Waals surface area contributed by atoms with Crippen molar-refractivity contribution in [3.05, 3.63) is 77.9 Å². The van der Waals surface area contributed by atoms with Crippen molar-refractivity contribution in [1.29, 1.82) is 0 Å². The van der Waals surface area contributed by atoms with Gasteiger partial charge in [-0.3, -0.25) is 9.69 Å². The predicted molar refractivity (Wildman–Crippen MR) is 142 cm³/mol. The molecule has 2 fully saturated rings. The number of ether oxygens (including phenoxy) is 1. The minimum Gasteiger partial charge on any atom is -0.490 e. The van der Waals surface area contributed by atoms with E-state index in [2.05, 4.69) is 72.2 Å². The van der Waals surface area contributed by atoms with E-state index in [4.69, 9.17) is 4.74 Å². The standard InChI is InChI=1S/C30H37N3O2/c1-23(2)32-14-12-28(13-15-32)35-29-11-10-25-20-27(9-8-26(25)21-29)30(34)33-18-16-31(17-19-33)22-24-6-4-3-5-7-24/h3-11,20-21,23,28H,12-19,22H2,1-2H3. The average Bonchev–Trinajstić information content (AvgIpc) is 2.89. The summed E-state index contributed by atoms with van der Waals surface area (Å²) in [5.41, 5.74) is 2.09. The summed E-state index contributed by atoms with van der Waals surface area (Å²) >= 11 is 0. The second-order valence-corrected chi connectivity index (χ2v) is 10.2. The van der Waals surface area contributed by atoms with E-state index in [1.807, 2.05) is 23.1 Å². The lowest BCUT2D eigenvalue weighted by Gasteiger charge is -2.35. The molecule has 2 aliphatic heterocycles. The fraction of sp³-hybridized carbons (Fsp3) is 0.433. The number of amides is 1. The molecule has 0 N–H and O–H groups in total. The van der Waals surface area contributed by atoms with Crippen molar-refractivity contribution < 1.29 is 9.53 Å². The number of piperidine rings is 1. The molecule has 3 aromatic carbocycles. The van der Waals surface area contributed by atoms with Crippen molar-refractivity contribution in [3.63, 3.8) is 0 Å². The van der Waals surface area contributed by atoms with Gasteiger partial charge in [-0.05, 0) is 67.3 Å². The highest BCUT2D eigenvalue weighted by Gasteiger charge is 2.23. The van der Waals surface area contributed by atoms with E-state index < -0.39 is 0 Å². The van der Waals surface area contributed by atoms with Gasteiger partial charge in [-0.1, -0.05) is 42.5 Å². The van der Waals surface area contributed by atoms with E-state index >= 15 is 0 Å². The van der Waals surface area contributed by atoms with E-state index in [-0.39, 0.29) is 12.0 Å². The molecule has 1 amide bonds. The van der Waals surface area contributed by atoms with Crippen molar-refractivity contribution in [3.8, 4) is 5.75 Å². The molecular weight excluding hydrogens is 434 g/mol. The van der Waals surface area contributed by atoms with Gasteiger partial charge in [-0.15, -0.1) is 0 Å². The first kappa shape index (κ1) is 23.8. The second kappa shape index (κ2) is 10.8. The molecule has 3 aromatic rings. The highest BCUT2D eigenvalue weighted by molar-refractivity contribution is 5.98. The molecule has 5 rings (SSSR count). The fourth-order valence-electron chi connectivity index (χ4n) is 5.27. The number of likely N-dealkylation sites (tertiary alicyclic amines) is 1. The number of piperazine rings is 1. The lowest BCUT2D eigenvalue weighted by atomic mass is 10.0. The summed E-state index contributed by atoms with van der Waals surface area (Å²) in [5.74, 6) is 1.05. The minimum atomic E-state index is 0.128. The summed E-state index contributed by atoms with van der Waals surface area (Å²) in [6.45, 7) is 11.0. The Labute approximate surface area is 209 Å². The summed E-state index contributed by atoms with van der Waals surface area (Å²) in [6.07, 6.45) is 2.42. The largest absolute Gasteiger partial charge is 0.490 e. The summed E-state index contributed by atoms with van der Waals surface area (Å²) in [4.78, 5) is 20.1. The normalized spacial score (nSPS) is 18.3. The van der Waals surface area contributed by atoms with Gasteiger partial charge in [0.2, 0.25) is 0 Å². The van der Waals surface area contributed by atoms with E-state index in [1.165, 1.54) is 5.56 Å². The molecule has 5 heteroatoms. The van der Waals surface area contributed by atoms with Crippen molar-refractivity contribution in [2.45, 2.75) is 45.4 Å². The zero-order valence-corrected chi connectivity index (χ0v) is 21.0. The number of hydrogen-bond acceptors (Lipinski definition) is 4. The van der Waals surface area contributed by atoms with Crippen LogP contribution in [0.4, 0.5) is 0 Å². The van der Waals surface area contributed by atoms with Crippen LogP contribution >= 0.6 is 0 Å². The van der Waals surface area contributed by atoms with Crippen molar-refractivity contribution in [2.75, 3.05) is 39.3 Å². The van der Waals surface area contributed by atoms with E-state index in [0.717, 1.165) is 80.7 Å². The molecule has 0 spiro atoms. The highest BCUT2D eigenvalue weighted by atomic mass is 16.5. The van der Waals surface area contributed by atoms with Gasteiger partial charge < -0.3 is 14.5 Å². The van der Waals surface area contributed by atoms with Crippen LogP contribution < -0.4 is 4.74 Å². The summed E-state index contributed by atoms with van der Waals surface area (Å²) < 4.78 is 6.31. The lowest BCUT2D eigenvalue weighted by Crippen LogP contribution is -2.48. The maximum atomic E-state index is 13.2. The first-order valence-corrected chi connectivity index (χ1v) is 13.1. The third-order valence-corrected chi connectivity index (χ3v) is 7.48.